The molecule has 0 radical (unpaired) electrons. The highest BCUT2D eigenvalue weighted by molar-refractivity contribution is 4.90. The summed E-state index contributed by atoms with van der Waals surface area (Å²) in [6, 6.07) is -2.41. The average Bonchev–Trinajstić information content (AvgIpc) is 2.27. The average molecular weight is 267 g/mol. The summed E-state index contributed by atoms with van der Waals surface area (Å²) in [5.41, 5.74) is 5.67. The highest BCUT2D eigenvalue weighted by Gasteiger charge is 2.47. The van der Waals surface area contributed by atoms with E-state index in [1.54, 1.807) is 14.0 Å². The molecule has 0 bridgehead atoms. The number of hydrogen-bond donors (Lipinski definition) is 1. The molecule has 0 saturated carbocycles. The van der Waals surface area contributed by atoms with Gasteiger partial charge in [-0.15, -0.1) is 0 Å². The zero-order valence-corrected chi connectivity index (χ0v) is 11.4. The first-order chi connectivity index (χ1) is 8.27. The van der Waals surface area contributed by atoms with E-state index in [2.05, 4.69) is 4.90 Å². The molecule has 0 spiro atoms. The van der Waals surface area contributed by atoms with Gasteiger partial charge in [-0.3, -0.25) is 4.90 Å². The van der Waals surface area contributed by atoms with Crippen LogP contribution in [-0.4, -0.2) is 61.3 Å². The fourth-order valence-electron chi connectivity index (χ4n) is 2.63. The van der Waals surface area contributed by atoms with E-state index in [1.807, 2.05) is 7.05 Å². The lowest BCUT2D eigenvalue weighted by molar-refractivity contribution is -0.193. The third-order valence-electron chi connectivity index (χ3n) is 3.92. The van der Waals surface area contributed by atoms with Crippen LogP contribution >= 0.6 is 0 Å². The van der Waals surface area contributed by atoms with Gasteiger partial charge in [-0.2, -0.15) is 13.2 Å². The summed E-state index contributed by atoms with van der Waals surface area (Å²) < 4.78 is 39.3. The van der Waals surface area contributed by atoms with Crippen LogP contribution in [-0.2, 0) is 0 Å². The van der Waals surface area contributed by atoms with Gasteiger partial charge < -0.3 is 10.6 Å². The van der Waals surface area contributed by atoms with Crippen molar-refractivity contribution in [3.63, 3.8) is 0 Å². The molecule has 0 aromatic heterocycles. The minimum absolute atomic E-state index is 0.0228. The molecule has 1 aliphatic heterocycles. The zero-order chi connectivity index (χ0) is 13.9. The first-order valence-electron chi connectivity index (χ1n) is 6.50. The molecule has 1 heterocycles. The van der Waals surface area contributed by atoms with Gasteiger partial charge in [0.2, 0.25) is 0 Å². The van der Waals surface area contributed by atoms with Crippen molar-refractivity contribution in [1.29, 1.82) is 0 Å². The van der Waals surface area contributed by atoms with Crippen molar-refractivity contribution in [1.82, 2.24) is 9.80 Å². The van der Waals surface area contributed by atoms with E-state index < -0.39 is 18.3 Å². The topological polar surface area (TPSA) is 32.5 Å². The molecule has 3 nitrogen and oxygen atoms in total. The van der Waals surface area contributed by atoms with E-state index >= 15 is 0 Å². The lowest BCUT2D eigenvalue weighted by Gasteiger charge is -2.41. The molecule has 2 atom stereocenters. The van der Waals surface area contributed by atoms with Crippen LogP contribution in [0.25, 0.3) is 0 Å². The Kier molecular flexibility index (Phi) is 5.43. The molecule has 1 rings (SSSR count). The number of piperidine rings is 1. The maximum atomic E-state index is 13.1. The Bertz CT molecular complexity index is 249. The Hall–Kier alpha value is -0.330. The van der Waals surface area contributed by atoms with Gasteiger partial charge in [-0.25, -0.2) is 0 Å². The number of likely N-dealkylation sites (N-methyl/N-ethyl adjacent to an activating group) is 1. The summed E-state index contributed by atoms with van der Waals surface area (Å²) in [4.78, 5) is 3.59. The first-order valence-corrected chi connectivity index (χ1v) is 6.50. The number of nitrogens with two attached hydrogens (primary N) is 1. The lowest BCUT2D eigenvalue weighted by Crippen LogP contribution is -2.58. The van der Waals surface area contributed by atoms with Gasteiger partial charge >= 0.3 is 6.18 Å². The predicted molar refractivity (Wildman–Crippen MR) is 66.4 cm³/mol. The van der Waals surface area contributed by atoms with E-state index in [1.165, 1.54) is 4.90 Å². The van der Waals surface area contributed by atoms with Crippen molar-refractivity contribution in [2.45, 2.75) is 50.5 Å². The van der Waals surface area contributed by atoms with Gasteiger partial charge in [0.05, 0.1) is 0 Å². The SMILES string of the molecule is CCC(N)C(N(C)C1CCN(C)CC1)C(F)(F)F. The highest BCUT2D eigenvalue weighted by atomic mass is 19.4. The number of halogens is 3. The molecular formula is C12H24F3N3. The van der Waals surface area contributed by atoms with Crippen molar-refractivity contribution < 1.29 is 13.2 Å². The van der Waals surface area contributed by atoms with Crippen LogP contribution in [0.4, 0.5) is 13.2 Å². The van der Waals surface area contributed by atoms with E-state index in [4.69, 9.17) is 5.73 Å². The van der Waals surface area contributed by atoms with Gasteiger partial charge in [0, 0.05) is 12.1 Å². The zero-order valence-electron chi connectivity index (χ0n) is 11.4. The highest BCUT2D eigenvalue weighted by Crippen LogP contribution is 2.30. The minimum Gasteiger partial charge on any atom is -0.326 e. The smallest absolute Gasteiger partial charge is 0.326 e. The molecule has 18 heavy (non-hydrogen) atoms. The first kappa shape index (κ1) is 15.7. The Labute approximate surface area is 107 Å². The van der Waals surface area contributed by atoms with E-state index in [0.29, 0.717) is 6.42 Å². The Morgan fingerprint density at radius 2 is 1.83 bits per heavy atom. The third kappa shape index (κ3) is 3.83. The van der Waals surface area contributed by atoms with Crippen molar-refractivity contribution in [3.8, 4) is 0 Å². The van der Waals surface area contributed by atoms with E-state index in [-0.39, 0.29) is 6.04 Å². The van der Waals surface area contributed by atoms with Crippen LogP contribution < -0.4 is 5.73 Å². The third-order valence-corrected chi connectivity index (χ3v) is 3.92. The number of likely N-dealkylation sites (tertiary alicyclic amines) is 1. The second-order valence-electron chi connectivity index (χ2n) is 5.26. The van der Waals surface area contributed by atoms with Gasteiger partial charge in [-0.1, -0.05) is 6.92 Å². The van der Waals surface area contributed by atoms with Gasteiger partial charge in [0.25, 0.3) is 0 Å². The molecule has 108 valence electrons. The van der Waals surface area contributed by atoms with Crippen molar-refractivity contribution in [3.05, 3.63) is 0 Å². The number of hydrogen-bond acceptors (Lipinski definition) is 3. The maximum absolute atomic E-state index is 13.1. The molecule has 1 aliphatic rings. The molecule has 0 amide bonds. The second-order valence-corrected chi connectivity index (χ2v) is 5.26. The van der Waals surface area contributed by atoms with Crippen molar-refractivity contribution >= 4 is 0 Å². The van der Waals surface area contributed by atoms with Crippen LogP contribution in [0.2, 0.25) is 0 Å². The van der Waals surface area contributed by atoms with Crippen LogP contribution in [0.1, 0.15) is 26.2 Å². The van der Waals surface area contributed by atoms with Crippen LogP contribution in [0.3, 0.4) is 0 Å². The quantitative estimate of drug-likeness (QED) is 0.841. The molecule has 2 N–H and O–H groups in total. The molecule has 0 aromatic rings. The van der Waals surface area contributed by atoms with Crippen LogP contribution in [0.15, 0.2) is 0 Å². The van der Waals surface area contributed by atoms with Crippen LogP contribution in [0.5, 0.6) is 0 Å². The largest absolute Gasteiger partial charge is 0.405 e. The summed E-state index contributed by atoms with van der Waals surface area (Å²) in [5.74, 6) is 0. The minimum atomic E-state index is -4.26. The second kappa shape index (κ2) is 6.21. The fraction of sp³-hybridized carbons (Fsp3) is 1.00. The number of nitrogens with zero attached hydrogens (tertiary/aromatic N) is 2. The molecule has 2 unspecified atom stereocenters. The normalized spacial score (nSPS) is 23.3. The van der Waals surface area contributed by atoms with Gasteiger partial charge in [-0.05, 0) is 46.4 Å². The molecule has 0 aromatic carbocycles. The molecule has 1 fully saturated rings. The Morgan fingerprint density at radius 1 is 1.33 bits per heavy atom. The number of alkyl halides is 3. The van der Waals surface area contributed by atoms with Crippen molar-refractivity contribution in [2.75, 3.05) is 27.2 Å². The molecule has 0 aliphatic carbocycles. The van der Waals surface area contributed by atoms with E-state index in [9.17, 15) is 13.2 Å². The standard InChI is InChI=1S/C12H24F3N3/c1-4-10(16)11(12(13,14)15)18(3)9-5-7-17(2)8-6-9/h9-11H,4-8,16H2,1-3H3. The summed E-state index contributed by atoms with van der Waals surface area (Å²) in [6.07, 6.45) is -2.37. The maximum Gasteiger partial charge on any atom is 0.405 e. The van der Waals surface area contributed by atoms with Gasteiger partial charge in [0.1, 0.15) is 6.04 Å². The van der Waals surface area contributed by atoms with Crippen LogP contribution in [0, 0.1) is 0 Å². The van der Waals surface area contributed by atoms with Crippen molar-refractivity contribution in [2.24, 2.45) is 5.73 Å². The molecule has 1 saturated heterocycles. The monoisotopic (exact) mass is 267 g/mol. The predicted octanol–water partition coefficient (Wildman–Crippen LogP) is 1.68. The lowest BCUT2D eigenvalue weighted by atomic mass is 9.98. The summed E-state index contributed by atoms with van der Waals surface area (Å²) >= 11 is 0. The van der Waals surface area contributed by atoms with E-state index in [0.717, 1.165) is 25.9 Å². The number of rotatable bonds is 4. The summed E-state index contributed by atoms with van der Waals surface area (Å²) in [5, 5.41) is 0. The van der Waals surface area contributed by atoms with Gasteiger partial charge in [0.15, 0.2) is 0 Å². The summed E-state index contributed by atoms with van der Waals surface area (Å²) in [7, 11) is 3.55. The Balaban J connectivity index is 2.73. The Morgan fingerprint density at radius 3 is 2.22 bits per heavy atom. The summed E-state index contributed by atoms with van der Waals surface area (Å²) in [6.45, 7) is 3.40. The molecule has 6 heteroatoms. The fourth-order valence-corrected chi connectivity index (χ4v) is 2.63. The molecular weight excluding hydrogens is 243 g/mol.